The zero-order valence-electron chi connectivity index (χ0n) is 17.3. The number of carbonyl (C=O) groups is 1. The second-order valence-corrected chi connectivity index (χ2v) is 8.25. The van der Waals surface area contributed by atoms with Gasteiger partial charge in [-0.05, 0) is 49.2 Å². The Balaban J connectivity index is 1.69. The van der Waals surface area contributed by atoms with Crippen LogP contribution < -0.4 is 9.64 Å². The van der Waals surface area contributed by atoms with Gasteiger partial charge in [-0.25, -0.2) is 4.98 Å². The number of benzene rings is 2. The summed E-state index contributed by atoms with van der Waals surface area (Å²) < 4.78 is 6.32. The van der Waals surface area contributed by atoms with Crippen LogP contribution in [0.1, 0.15) is 22.4 Å². The van der Waals surface area contributed by atoms with Crippen LogP contribution in [0.4, 0.5) is 5.13 Å². The Morgan fingerprint density at radius 3 is 2.70 bits per heavy atom. The molecule has 0 N–H and O–H groups in total. The fourth-order valence-electron chi connectivity index (χ4n) is 3.36. The first-order valence-corrected chi connectivity index (χ1v) is 10.6. The molecule has 0 saturated heterocycles. The molecule has 0 aliphatic rings. The summed E-state index contributed by atoms with van der Waals surface area (Å²) in [7, 11) is 1.63. The van der Waals surface area contributed by atoms with E-state index in [0.717, 1.165) is 32.8 Å². The van der Waals surface area contributed by atoms with E-state index in [1.54, 1.807) is 18.2 Å². The predicted octanol–water partition coefficient (Wildman–Crippen LogP) is 5.09. The van der Waals surface area contributed by atoms with Crippen molar-refractivity contribution in [2.75, 3.05) is 12.0 Å². The van der Waals surface area contributed by atoms with Crippen molar-refractivity contribution in [1.29, 1.82) is 0 Å². The number of aromatic nitrogens is 2. The van der Waals surface area contributed by atoms with Crippen LogP contribution in [-0.4, -0.2) is 23.0 Å². The lowest BCUT2D eigenvalue weighted by Crippen LogP contribution is -2.32. The molecule has 0 unspecified atom stereocenters. The Kier molecular flexibility index (Phi) is 5.77. The van der Waals surface area contributed by atoms with Crippen molar-refractivity contribution in [3.63, 3.8) is 0 Å². The molecule has 0 radical (unpaired) electrons. The summed E-state index contributed by atoms with van der Waals surface area (Å²) in [6.45, 7) is 4.48. The summed E-state index contributed by atoms with van der Waals surface area (Å²) in [5.41, 5.74) is 4.98. The van der Waals surface area contributed by atoms with Crippen molar-refractivity contribution in [2.45, 2.75) is 26.8 Å². The van der Waals surface area contributed by atoms with Gasteiger partial charge in [0.15, 0.2) is 5.13 Å². The van der Waals surface area contributed by atoms with E-state index >= 15 is 0 Å². The average molecular weight is 418 g/mol. The number of nitrogens with zero attached hydrogens (tertiary/aromatic N) is 3. The first kappa shape index (κ1) is 20.0. The van der Waals surface area contributed by atoms with Crippen molar-refractivity contribution in [1.82, 2.24) is 9.97 Å². The Labute approximate surface area is 180 Å². The van der Waals surface area contributed by atoms with Crippen molar-refractivity contribution in [3.05, 3.63) is 83.2 Å². The molecule has 0 fully saturated rings. The third kappa shape index (κ3) is 4.33. The largest absolute Gasteiger partial charge is 0.497 e. The maximum atomic E-state index is 13.4. The Morgan fingerprint density at radius 1 is 1.10 bits per heavy atom. The van der Waals surface area contributed by atoms with Gasteiger partial charge in [0.1, 0.15) is 5.75 Å². The highest BCUT2D eigenvalue weighted by atomic mass is 32.1. The highest BCUT2D eigenvalue weighted by Crippen LogP contribution is 2.32. The van der Waals surface area contributed by atoms with E-state index in [4.69, 9.17) is 9.72 Å². The van der Waals surface area contributed by atoms with Gasteiger partial charge in [-0.15, -0.1) is 0 Å². The molecular weight excluding hydrogens is 394 g/mol. The molecule has 2 aromatic heterocycles. The maximum Gasteiger partial charge on any atom is 0.233 e. The van der Waals surface area contributed by atoms with E-state index < -0.39 is 0 Å². The van der Waals surface area contributed by atoms with Gasteiger partial charge in [0.25, 0.3) is 0 Å². The number of pyridine rings is 1. The van der Waals surface area contributed by atoms with Crippen molar-refractivity contribution < 1.29 is 9.53 Å². The summed E-state index contributed by atoms with van der Waals surface area (Å²) in [5, 5.41) is 0.665. The molecule has 0 saturated carbocycles. The monoisotopic (exact) mass is 417 g/mol. The SMILES string of the molecule is COc1ccc2sc(N(Cc3ccccn3)C(=O)Cc3ccc(C)cc3C)nc2c1. The van der Waals surface area contributed by atoms with Crippen LogP contribution in [-0.2, 0) is 17.8 Å². The number of carbonyl (C=O) groups excluding carboxylic acids is 1. The Bertz CT molecular complexity index is 1190. The summed E-state index contributed by atoms with van der Waals surface area (Å²) in [5.74, 6) is 0.746. The van der Waals surface area contributed by atoms with Gasteiger partial charge in [-0.1, -0.05) is 41.2 Å². The minimum atomic E-state index is -0.00127. The molecule has 0 aliphatic carbocycles. The van der Waals surface area contributed by atoms with E-state index in [0.29, 0.717) is 18.1 Å². The molecule has 2 heterocycles. The lowest BCUT2D eigenvalue weighted by atomic mass is 10.0. The fourth-order valence-corrected chi connectivity index (χ4v) is 4.32. The number of ether oxygens (including phenoxy) is 1. The van der Waals surface area contributed by atoms with Gasteiger partial charge in [-0.3, -0.25) is 14.7 Å². The number of anilines is 1. The molecule has 152 valence electrons. The summed E-state index contributed by atoms with van der Waals surface area (Å²) in [6, 6.07) is 17.7. The molecule has 0 atom stereocenters. The van der Waals surface area contributed by atoms with Crippen LogP contribution in [0.2, 0.25) is 0 Å². The van der Waals surface area contributed by atoms with Gasteiger partial charge in [0.2, 0.25) is 5.91 Å². The van der Waals surface area contributed by atoms with E-state index in [1.807, 2.05) is 55.5 Å². The molecule has 4 aromatic rings. The Morgan fingerprint density at radius 2 is 1.97 bits per heavy atom. The quantitative estimate of drug-likeness (QED) is 0.438. The van der Waals surface area contributed by atoms with Crippen LogP contribution in [0.25, 0.3) is 10.2 Å². The Hall–Kier alpha value is -3.25. The van der Waals surface area contributed by atoms with Crippen LogP contribution in [0, 0.1) is 13.8 Å². The molecule has 0 bridgehead atoms. The molecule has 5 nitrogen and oxygen atoms in total. The zero-order chi connectivity index (χ0) is 21.1. The standard InChI is InChI=1S/C24H23N3O2S/c1-16-7-8-18(17(2)12-16)13-23(28)27(15-19-6-4-5-11-25-19)24-26-21-14-20(29-3)9-10-22(21)30-24/h4-12,14H,13,15H2,1-3H3. The molecule has 1 amide bonds. The smallest absolute Gasteiger partial charge is 0.233 e. The molecule has 2 aromatic carbocycles. The third-order valence-corrected chi connectivity index (χ3v) is 6.06. The summed E-state index contributed by atoms with van der Waals surface area (Å²) in [6.07, 6.45) is 2.06. The molecule has 30 heavy (non-hydrogen) atoms. The minimum Gasteiger partial charge on any atom is -0.497 e. The number of hydrogen-bond donors (Lipinski definition) is 0. The van der Waals surface area contributed by atoms with Gasteiger partial charge in [0.05, 0.1) is 36.0 Å². The lowest BCUT2D eigenvalue weighted by molar-refractivity contribution is -0.118. The molecular formula is C24H23N3O2S. The van der Waals surface area contributed by atoms with Gasteiger partial charge >= 0.3 is 0 Å². The maximum absolute atomic E-state index is 13.4. The zero-order valence-corrected chi connectivity index (χ0v) is 18.1. The normalized spacial score (nSPS) is 10.9. The molecule has 4 rings (SSSR count). The summed E-state index contributed by atoms with van der Waals surface area (Å²) >= 11 is 1.50. The lowest BCUT2D eigenvalue weighted by Gasteiger charge is -2.20. The van der Waals surface area contributed by atoms with E-state index in [1.165, 1.54) is 16.9 Å². The van der Waals surface area contributed by atoms with Crippen molar-refractivity contribution in [2.24, 2.45) is 0 Å². The number of amides is 1. The van der Waals surface area contributed by atoms with Gasteiger partial charge < -0.3 is 4.74 Å². The number of rotatable bonds is 6. The van der Waals surface area contributed by atoms with Crippen LogP contribution in [0.5, 0.6) is 5.75 Å². The first-order valence-electron chi connectivity index (χ1n) is 9.74. The van der Waals surface area contributed by atoms with Crippen molar-refractivity contribution >= 4 is 32.6 Å². The minimum absolute atomic E-state index is 0.00127. The van der Waals surface area contributed by atoms with Crippen molar-refractivity contribution in [3.8, 4) is 5.75 Å². The average Bonchev–Trinajstić information content (AvgIpc) is 3.17. The van der Waals surface area contributed by atoms with Crippen LogP contribution >= 0.6 is 11.3 Å². The second kappa shape index (κ2) is 8.63. The highest BCUT2D eigenvalue weighted by molar-refractivity contribution is 7.22. The first-order chi connectivity index (χ1) is 14.5. The number of methoxy groups -OCH3 is 1. The van der Waals surface area contributed by atoms with E-state index in [9.17, 15) is 4.79 Å². The van der Waals surface area contributed by atoms with Crippen LogP contribution in [0.3, 0.4) is 0 Å². The van der Waals surface area contributed by atoms with Gasteiger partial charge in [-0.2, -0.15) is 0 Å². The van der Waals surface area contributed by atoms with E-state index in [-0.39, 0.29) is 5.91 Å². The van der Waals surface area contributed by atoms with Gasteiger partial charge in [0, 0.05) is 12.3 Å². The highest BCUT2D eigenvalue weighted by Gasteiger charge is 2.22. The number of thiazole rings is 1. The molecule has 0 aliphatic heterocycles. The predicted molar refractivity (Wildman–Crippen MR) is 121 cm³/mol. The molecule has 6 heteroatoms. The van der Waals surface area contributed by atoms with Crippen LogP contribution in [0.15, 0.2) is 60.8 Å². The number of fused-ring (bicyclic) bond motifs is 1. The number of hydrogen-bond acceptors (Lipinski definition) is 5. The second-order valence-electron chi connectivity index (χ2n) is 7.24. The third-order valence-electron chi connectivity index (χ3n) is 5.00. The fraction of sp³-hybridized carbons (Fsp3) is 0.208. The van der Waals surface area contributed by atoms with E-state index in [2.05, 4.69) is 18.0 Å². The topological polar surface area (TPSA) is 55.3 Å². The molecule has 0 spiro atoms. The number of aryl methyl sites for hydroxylation is 2. The summed E-state index contributed by atoms with van der Waals surface area (Å²) in [4.78, 5) is 24.3.